The molecule has 0 aromatic carbocycles. The number of hydrogen-bond donors (Lipinski definition) is 1. The summed E-state index contributed by atoms with van der Waals surface area (Å²) in [5.41, 5.74) is -0.189. The average molecular weight is 362 g/mol. The van der Waals surface area contributed by atoms with Gasteiger partial charge in [-0.15, -0.1) is 11.3 Å². The molecule has 4 rings (SSSR count). The number of nitrogens with one attached hydrogen (secondary N) is 1. The van der Waals surface area contributed by atoms with Crippen molar-refractivity contribution in [1.29, 1.82) is 0 Å². The molecule has 0 saturated carbocycles. The van der Waals surface area contributed by atoms with Crippen LogP contribution in [0.2, 0.25) is 0 Å². The van der Waals surface area contributed by atoms with Crippen LogP contribution in [0.15, 0.2) is 22.3 Å². The van der Waals surface area contributed by atoms with E-state index in [-0.39, 0.29) is 17.5 Å². The van der Waals surface area contributed by atoms with Gasteiger partial charge in [-0.25, -0.2) is 14.5 Å². The van der Waals surface area contributed by atoms with Crippen molar-refractivity contribution in [3.63, 3.8) is 0 Å². The smallest absolute Gasteiger partial charge is 0.348 e. The third-order valence-electron chi connectivity index (χ3n) is 5.14. The molecule has 0 bridgehead atoms. The molecule has 25 heavy (non-hydrogen) atoms. The number of ether oxygens (including phenoxy) is 1. The second-order valence-electron chi connectivity index (χ2n) is 6.76. The maximum atomic E-state index is 12.5. The summed E-state index contributed by atoms with van der Waals surface area (Å²) in [6.45, 7) is 2.84. The van der Waals surface area contributed by atoms with E-state index in [0.717, 1.165) is 49.6 Å². The number of piperidine rings is 1. The third kappa shape index (κ3) is 3.41. The highest BCUT2D eigenvalue weighted by atomic mass is 32.1. The van der Waals surface area contributed by atoms with Crippen LogP contribution in [0.4, 0.5) is 0 Å². The Kier molecular flexibility index (Phi) is 4.72. The lowest BCUT2D eigenvalue weighted by Crippen LogP contribution is -2.42. The number of amides is 1. The van der Waals surface area contributed by atoms with Crippen molar-refractivity contribution in [2.24, 2.45) is 11.8 Å². The van der Waals surface area contributed by atoms with E-state index in [4.69, 9.17) is 4.74 Å². The molecule has 2 aliphatic heterocycles. The maximum Gasteiger partial charge on any atom is 0.348 e. The first-order valence-electron chi connectivity index (χ1n) is 8.79. The Bertz CT molecular complexity index is 768. The molecule has 7 nitrogen and oxygen atoms in total. The average Bonchev–Trinajstić information content (AvgIpc) is 3.37. The fourth-order valence-electron chi connectivity index (χ4n) is 3.69. The van der Waals surface area contributed by atoms with E-state index in [1.165, 1.54) is 11.3 Å². The van der Waals surface area contributed by atoms with E-state index in [1.807, 2.05) is 22.4 Å². The Hall–Kier alpha value is -1.93. The van der Waals surface area contributed by atoms with Gasteiger partial charge in [-0.1, -0.05) is 0 Å². The molecule has 0 radical (unpaired) electrons. The van der Waals surface area contributed by atoms with Crippen LogP contribution in [-0.2, 0) is 16.0 Å². The van der Waals surface area contributed by atoms with Crippen LogP contribution < -0.4 is 5.69 Å². The highest BCUT2D eigenvalue weighted by molar-refractivity contribution is 7.12. The molecule has 1 N–H and O–H groups in total. The Morgan fingerprint density at radius 1 is 1.36 bits per heavy atom. The number of H-pyrrole nitrogens is 1. The summed E-state index contributed by atoms with van der Waals surface area (Å²) in [6, 6.07) is 3.86. The van der Waals surface area contributed by atoms with Gasteiger partial charge in [0.1, 0.15) is 10.8 Å². The predicted molar refractivity (Wildman–Crippen MR) is 94.0 cm³/mol. The van der Waals surface area contributed by atoms with Crippen molar-refractivity contribution < 1.29 is 9.53 Å². The topological polar surface area (TPSA) is 80.2 Å². The number of aromatic amines is 1. The van der Waals surface area contributed by atoms with Gasteiger partial charge in [0, 0.05) is 26.1 Å². The lowest BCUT2D eigenvalue weighted by atomic mass is 9.92. The summed E-state index contributed by atoms with van der Waals surface area (Å²) in [5.74, 6) is 1.51. The van der Waals surface area contributed by atoms with Crippen LogP contribution in [0.25, 0.3) is 5.00 Å². The van der Waals surface area contributed by atoms with Crippen LogP contribution in [-0.4, -0.2) is 51.9 Å². The standard InChI is InChI=1S/C17H22N4O3S/c22-16(13-5-8-24-11-13)20-6-3-12(4-7-20)10-14-18-19-17(23)21(14)15-2-1-9-25-15/h1-2,9,12-13H,3-8,10-11H2,(H,19,23)/t13-/m0/s1. The van der Waals surface area contributed by atoms with Crippen LogP contribution >= 0.6 is 11.3 Å². The summed E-state index contributed by atoms with van der Waals surface area (Å²) < 4.78 is 6.99. The lowest BCUT2D eigenvalue weighted by molar-refractivity contribution is -0.136. The number of nitrogens with zero attached hydrogens (tertiary/aromatic N) is 3. The van der Waals surface area contributed by atoms with E-state index in [9.17, 15) is 9.59 Å². The number of carbonyl (C=O) groups is 1. The summed E-state index contributed by atoms with van der Waals surface area (Å²) in [4.78, 5) is 26.5. The molecule has 0 aliphatic carbocycles. The maximum absolute atomic E-state index is 12.5. The van der Waals surface area contributed by atoms with Crippen molar-refractivity contribution in [2.45, 2.75) is 25.7 Å². The first-order valence-corrected chi connectivity index (χ1v) is 9.67. The highest BCUT2D eigenvalue weighted by Crippen LogP contribution is 2.25. The molecule has 2 aliphatic rings. The normalized spacial score (nSPS) is 21.8. The molecule has 1 atom stereocenters. The fourth-order valence-corrected chi connectivity index (χ4v) is 4.44. The number of hydrogen-bond acceptors (Lipinski definition) is 5. The second kappa shape index (κ2) is 7.13. The lowest BCUT2D eigenvalue weighted by Gasteiger charge is -2.33. The fraction of sp³-hybridized carbons (Fsp3) is 0.588. The third-order valence-corrected chi connectivity index (χ3v) is 6.00. The zero-order valence-electron chi connectivity index (χ0n) is 14.0. The molecule has 2 fully saturated rings. The molecular weight excluding hydrogens is 340 g/mol. The predicted octanol–water partition coefficient (Wildman–Crippen LogP) is 1.44. The Balaban J connectivity index is 1.38. The minimum Gasteiger partial charge on any atom is -0.381 e. The van der Waals surface area contributed by atoms with Gasteiger partial charge in [0.2, 0.25) is 5.91 Å². The number of rotatable bonds is 4. The van der Waals surface area contributed by atoms with Crippen molar-refractivity contribution >= 4 is 17.2 Å². The molecule has 8 heteroatoms. The molecule has 2 aromatic heterocycles. The first-order chi connectivity index (χ1) is 12.2. The highest BCUT2D eigenvalue weighted by Gasteiger charge is 2.31. The van der Waals surface area contributed by atoms with Crippen LogP contribution in [0, 0.1) is 11.8 Å². The molecular formula is C17H22N4O3S. The van der Waals surface area contributed by atoms with Gasteiger partial charge in [0.15, 0.2) is 0 Å². The molecule has 2 saturated heterocycles. The molecule has 0 spiro atoms. The monoisotopic (exact) mass is 362 g/mol. The Morgan fingerprint density at radius 3 is 2.88 bits per heavy atom. The minimum atomic E-state index is -0.189. The van der Waals surface area contributed by atoms with E-state index in [0.29, 0.717) is 19.1 Å². The SMILES string of the molecule is O=C([C@H]1CCOC1)N1CCC(Cc2n[nH]c(=O)n2-c2cccs2)CC1. The molecule has 1 amide bonds. The molecule has 0 unspecified atom stereocenters. The summed E-state index contributed by atoms with van der Waals surface area (Å²) in [6.07, 6.45) is 3.50. The van der Waals surface area contributed by atoms with Crippen LogP contribution in [0.1, 0.15) is 25.1 Å². The largest absolute Gasteiger partial charge is 0.381 e. The number of thiophene rings is 1. The Morgan fingerprint density at radius 2 is 2.20 bits per heavy atom. The Labute approximate surface area is 149 Å². The van der Waals surface area contributed by atoms with E-state index in [1.54, 1.807) is 4.57 Å². The van der Waals surface area contributed by atoms with Gasteiger partial charge in [-0.3, -0.25) is 4.79 Å². The van der Waals surface area contributed by atoms with E-state index >= 15 is 0 Å². The van der Waals surface area contributed by atoms with Crippen molar-refractivity contribution in [3.05, 3.63) is 33.8 Å². The quantitative estimate of drug-likeness (QED) is 0.892. The summed E-state index contributed by atoms with van der Waals surface area (Å²) in [5, 5.41) is 9.63. The number of carbonyl (C=O) groups excluding carboxylic acids is 1. The van der Waals surface area contributed by atoms with Gasteiger partial charge in [-0.05, 0) is 42.7 Å². The molecule has 2 aromatic rings. The second-order valence-corrected chi connectivity index (χ2v) is 7.69. The van der Waals surface area contributed by atoms with Gasteiger partial charge in [0.25, 0.3) is 0 Å². The zero-order valence-corrected chi connectivity index (χ0v) is 14.8. The minimum absolute atomic E-state index is 0.0481. The molecule has 4 heterocycles. The van der Waals surface area contributed by atoms with Crippen LogP contribution in [0.3, 0.4) is 0 Å². The first kappa shape index (κ1) is 16.5. The van der Waals surface area contributed by atoms with Crippen molar-refractivity contribution in [3.8, 4) is 5.00 Å². The van der Waals surface area contributed by atoms with Crippen molar-refractivity contribution in [1.82, 2.24) is 19.7 Å². The van der Waals surface area contributed by atoms with E-state index < -0.39 is 0 Å². The van der Waals surface area contributed by atoms with E-state index in [2.05, 4.69) is 10.2 Å². The summed E-state index contributed by atoms with van der Waals surface area (Å²) in [7, 11) is 0. The van der Waals surface area contributed by atoms with Gasteiger partial charge < -0.3 is 9.64 Å². The summed E-state index contributed by atoms with van der Waals surface area (Å²) >= 11 is 1.53. The molecule has 134 valence electrons. The number of likely N-dealkylation sites (tertiary alicyclic amines) is 1. The number of aromatic nitrogens is 3. The van der Waals surface area contributed by atoms with Crippen molar-refractivity contribution in [2.75, 3.05) is 26.3 Å². The van der Waals surface area contributed by atoms with Gasteiger partial charge in [-0.2, -0.15) is 5.10 Å². The van der Waals surface area contributed by atoms with Gasteiger partial charge >= 0.3 is 5.69 Å². The van der Waals surface area contributed by atoms with Crippen LogP contribution in [0.5, 0.6) is 0 Å². The van der Waals surface area contributed by atoms with Gasteiger partial charge in [0.05, 0.1) is 12.5 Å². The zero-order chi connectivity index (χ0) is 17.2.